The maximum absolute atomic E-state index is 11.7. The quantitative estimate of drug-likeness (QED) is 0.617. The van der Waals surface area contributed by atoms with Crippen LogP contribution in [0.1, 0.15) is 18.1 Å². The summed E-state index contributed by atoms with van der Waals surface area (Å²) in [5, 5.41) is 5.67. The number of ether oxygens (including phenoxy) is 2. The van der Waals surface area contributed by atoms with Crippen LogP contribution in [0.5, 0.6) is 11.5 Å². The Balaban J connectivity index is 1.79. The molecule has 2 aromatic carbocycles. The van der Waals surface area contributed by atoms with E-state index in [1.54, 1.807) is 6.08 Å². The highest BCUT2D eigenvalue weighted by atomic mass is 32.1. The third kappa shape index (κ3) is 4.36. The summed E-state index contributed by atoms with van der Waals surface area (Å²) in [5.74, 6) is 1.05. The van der Waals surface area contributed by atoms with Crippen LogP contribution in [0.2, 0.25) is 0 Å². The van der Waals surface area contributed by atoms with Crippen molar-refractivity contribution in [3.63, 3.8) is 0 Å². The molecule has 0 aliphatic carbocycles. The molecule has 5 nitrogen and oxygen atoms in total. The van der Waals surface area contributed by atoms with E-state index in [1.165, 1.54) is 0 Å². The SMILES string of the molecule is CCOc1cc(/C=C2\NC(=S)NC2=O)ccc1OCc1ccccc1. The average Bonchev–Trinajstić information content (AvgIpc) is 2.92. The van der Waals surface area contributed by atoms with Gasteiger partial charge in [0, 0.05) is 0 Å². The highest BCUT2D eigenvalue weighted by Crippen LogP contribution is 2.30. The molecule has 6 heteroatoms. The minimum absolute atomic E-state index is 0.243. The van der Waals surface area contributed by atoms with Gasteiger partial charge in [0.15, 0.2) is 16.6 Å². The largest absolute Gasteiger partial charge is 0.490 e. The van der Waals surface area contributed by atoms with Gasteiger partial charge >= 0.3 is 0 Å². The number of benzene rings is 2. The zero-order chi connectivity index (χ0) is 17.6. The molecular weight excluding hydrogens is 336 g/mol. The fourth-order valence-electron chi connectivity index (χ4n) is 2.39. The van der Waals surface area contributed by atoms with Crippen molar-refractivity contribution in [3.05, 3.63) is 65.4 Å². The lowest BCUT2D eigenvalue weighted by molar-refractivity contribution is -0.115. The topological polar surface area (TPSA) is 59.6 Å². The molecule has 0 radical (unpaired) electrons. The van der Waals surface area contributed by atoms with Crippen molar-refractivity contribution < 1.29 is 14.3 Å². The maximum Gasteiger partial charge on any atom is 0.273 e. The average molecular weight is 354 g/mol. The normalized spacial score (nSPS) is 15.0. The number of hydrogen-bond donors (Lipinski definition) is 2. The number of carbonyl (C=O) groups excluding carboxylic acids is 1. The lowest BCUT2D eigenvalue weighted by atomic mass is 10.1. The Morgan fingerprint density at radius 2 is 1.84 bits per heavy atom. The molecule has 25 heavy (non-hydrogen) atoms. The van der Waals surface area contributed by atoms with E-state index in [-0.39, 0.29) is 5.91 Å². The van der Waals surface area contributed by atoms with E-state index in [0.29, 0.717) is 35.5 Å². The van der Waals surface area contributed by atoms with Crippen molar-refractivity contribution in [2.24, 2.45) is 0 Å². The predicted octanol–water partition coefficient (Wildman–Crippen LogP) is 3.01. The number of nitrogens with one attached hydrogen (secondary N) is 2. The zero-order valence-corrected chi connectivity index (χ0v) is 14.6. The molecule has 0 saturated carbocycles. The highest BCUT2D eigenvalue weighted by Gasteiger charge is 2.20. The third-order valence-corrected chi connectivity index (χ3v) is 3.74. The molecule has 1 aliphatic rings. The highest BCUT2D eigenvalue weighted by molar-refractivity contribution is 7.80. The lowest BCUT2D eigenvalue weighted by Crippen LogP contribution is -2.21. The van der Waals surface area contributed by atoms with Crippen molar-refractivity contribution in [1.82, 2.24) is 10.6 Å². The molecule has 3 rings (SSSR count). The van der Waals surface area contributed by atoms with Crippen LogP contribution < -0.4 is 20.1 Å². The molecule has 2 aromatic rings. The summed E-state index contributed by atoms with van der Waals surface area (Å²) in [5.41, 5.74) is 2.31. The first kappa shape index (κ1) is 17.0. The Morgan fingerprint density at radius 3 is 2.52 bits per heavy atom. The van der Waals surface area contributed by atoms with Gasteiger partial charge in [-0.3, -0.25) is 10.1 Å². The van der Waals surface area contributed by atoms with Gasteiger partial charge < -0.3 is 14.8 Å². The van der Waals surface area contributed by atoms with Crippen LogP contribution in [0.25, 0.3) is 6.08 Å². The molecule has 0 aromatic heterocycles. The van der Waals surface area contributed by atoms with Gasteiger partial charge in [0.2, 0.25) is 0 Å². The van der Waals surface area contributed by atoms with Crippen molar-refractivity contribution in [1.29, 1.82) is 0 Å². The summed E-state index contributed by atoms with van der Waals surface area (Å²) in [6.07, 6.45) is 1.72. The van der Waals surface area contributed by atoms with Crippen LogP contribution in [0.4, 0.5) is 0 Å². The molecule has 1 saturated heterocycles. The molecule has 0 spiro atoms. The van der Waals surface area contributed by atoms with Gasteiger partial charge in [-0.05, 0) is 48.5 Å². The fraction of sp³-hybridized carbons (Fsp3) is 0.158. The molecule has 0 atom stereocenters. The molecule has 1 aliphatic heterocycles. The summed E-state index contributed by atoms with van der Waals surface area (Å²) in [4.78, 5) is 11.7. The molecule has 1 heterocycles. The van der Waals surface area contributed by atoms with E-state index in [1.807, 2.05) is 55.5 Å². The maximum atomic E-state index is 11.7. The van der Waals surface area contributed by atoms with Gasteiger partial charge in [0.05, 0.1) is 6.61 Å². The van der Waals surface area contributed by atoms with Crippen LogP contribution in [0, 0.1) is 0 Å². The van der Waals surface area contributed by atoms with Crippen LogP contribution in [-0.2, 0) is 11.4 Å². The minimum atomic E-state index is -0.243. The van der Waals surface area contributed by atoms with Crippen molar-refractivity contribution in [3.8, 4) is 11.5 Å². The number of rotatable bonds is 6. The van der Waals surface area contributed by atoms with E-state index in [4.69, 9.17) is 21.7 Å². The Kier molecular flexibility index (Phi) is 5.30. The van der Waals surface area contributed by atoms with Crippen molar-refractivity contribution in [2.75, 3.05) is 6.61 Å². The fourth-order valence-corrected chi connectivity index (χ4v) is 2.59. The smallest absolute Gasteiger partial charge is 0.273 e. The lowest BCUT2D eigenvalue weighted by Gasteiger charge is -2.13. The Labute approximate surface area is 151 Å². The van der Waals surface area contributed by atoms with E-state index < -0.39 is 0 Å². The third-order valence-electron chi connectivity index (χ3n) is 3.54. The van der Waals surface area contributed by atoms with Crippen LogP contribution in [0.3, 0.4) is 0 Å². The summed E-state index contributed by atoms with van der Waals surface area (Å²) in [6.45, 7) is 2.89. The summed E-state index contributed by atoms with van der Waals surface area (Å²) < 4.78 is 11.6. The van der Waals surface area contributed by atoms with E-state index >= 15 is 0 Å². The molecule has 0 bridgehead atoms. The molecule has 0 unspecified atom stereocenters. The van der Waals surface area contributed by atoms with E-state index in [9.17, 15) is 4.79 Å². The van der Waals surface area contributed by atoms with Crippen molar-refractivity contribution >= 4 is 29.3 Å². The van der Waals surface area contributed by atoms with Gasteiger partial charge in [-0.2, -0.15) is 0 Å². The summed E-state index contributed by atoms with van der Waals surface area (Å²) >= 11 is 4.93. The van der Waals surface area contributed by atoms with Gasteiger partial charge in [0.1, 0.15) is 12.3 Å². The van der Waals surface area contributed by atoms with Crippen molar-refractivity contribution in [2.45, 2.75) is 13.5 Å². The number of carbonyl (C=O) groups is 1. The molecule has 2 N–H and O–H groups in total. The first-order valence-corrected chi connectivity index (χ1v) is 8.34. The van der Waals surface area contributed by atoms with E-state index in [2.05, 4.69) is 10.6 Å². The minimum Gasteiger partial charge on any atom is -0.490 e. The van der Waals surface area contributed by atoms with Crippen LogP contribution >= 0.6 is 12.2 Å². The molecule has 128 valence electrons. The zero-order valence-electron chi connectivity index (χ0n) is 13.7. The van der Waals surface area contributed by atoms with Gasteiger partial charge in [-0.25, -0.2) is 0 Å². The molecular formula is C19H18N2O3S. The van der Waals surface area contributed by atoms with Gasteiger partial charge in [0.25, 0.3) is 5.91 Å². The first-order valence-electron chi connectivity index (χ1n) is 7.93. The number of amides is 1. The van der Waals surface area contributed by atoms with Gasteiger partial charge in [-0.1, -0.05) is 36.4 Å². The summed E-state index contributed by atoms with van der Waals surface area (Å²) in [6, 6.07) is 15.5. The first-order chi connectivity index (χ1) is 12.2. The monoisotopic (exact) mass is 354 g/mol. The predicted molar refractivity (Wildman–Crippen MR) is 100 cm³/mol. The van der Waals surface area contributed by atoms with Crippen LogP contribution in [-0.4, -0.2) is 17.6 Å². The number of hydrogen-bond acceptors (Lipinski definition) is 4. The molecule has 1 fully saturated rings. The second-order valence-corrected chi connectivity index (χ2v) is 5.79. The second kappa shape index (κ2) is 7.81. The second-order valence-electron chi connectivity index (χ2n) is 5.38. The van der Waals surface area contributed by atoms with E-state index in [0.717, 1.165) is 11.1 Å². The Bertz CT molecular complexity index is 819. The summed E-state index contributed by atoms with van der Waals surface area (Å²) in [7, 11) is 0. The standard InChI is InChI=1S/C19H18N2O3S/c1-2-23-17-11-14(10-15-18(22)21-19(25)20-15)8-9-16(17)24-12-13-6-4-3-5-7-13/h3-11H,2,12H2,1H3,(H2,20,21,22,25)/b15-10-. The molecule has 1 amide bonds. The number of thiocarbonyl (C=S) groups is 1. The Morgan fingerprint density at radius 1 is 1.04 bits per heavy atom. The Hall–Kier alpha value is -2.86. The van der Waals surface area contributed by atoms with Gasteiger partial charge in [-0.15, -0.1) is 0 Å². The van der Waals surface area contributed by atoms with Crippen LogP contribution in [0.15, 0.2) is 54.2 Å².